The fourth-order valence-corrected chi connectivity index (χ4v) is 5.28. The average Bonchev–Trinajstić information content (AvgIpc) is 3.68. The highest BCUT2D eigenvalue weighted by molar-refractivity contribution is 9.08. The van der Waals surface area contributed by atoms with Gasteiger partial charge in [0.15, 0.2) is 0 Å². The van der Waals surface area contributed by atoms with Crippen LogP contribution in [-0.2, 0) is 5.33 Å². The van der Waals surface area contributed by atoms with E-state index in [0.29, 0.717) is 22.3 Å². The van der Waals surface area contributed by atoms with E-state index >= 15 is 0 Å². The van der Waals surface area contributed by atoms with Crippen molar-refractivity contribution in [1.82, 2.24) is 9.88 Å². The van der Waals surface area contributed by atoms with Crippen LogP contribution in [0, 0.1) is 11.7 Å². The third kappa shape index (κ3) is 4.17. The number of carbonyl (C=O) groups is 1. The maximum absolute atomic E-state index is 14.0. The Labute approximate surface area is 209 Å². The largest absolute Gasteiger partial charge is 0.345 e. The third-order valence-electron chi connectivity index (χ3n) is 6.21. The molecule has 1 amide bonds. The first kappa shape index (κ1) is 22.8. The van der Waals surface area contributed by atoms with Gasteiger partial charge in [-0.15, -0.1) is 0 Å². The second kappa shape index (κ2) is 9.35. The molecule has 1 saturated carbocycles. The summed E-state index contributed by atoms with van der Waals surface area (Å²) in [7, 11) is 0. The van der Waals surface area contributed by atoms with Gasteiger partial charge in [0.05, 0.1) is 27.7 Å². The molecule has 1 N–H and O–H groups in total. The summed E-state index contributed by atoms with van der Waals surface area (Å²) >= 11 is 9.98. The third-order valence-corrected chi connectivity index (χ3v) is 7.06. The predicted molar refractivity (Wildman–Crippen MR) is 137 cm³/mol. The first-order chi connectivity index (χ1) is 16.5. The van der Waals surface area contributed by atoms with Crippen LogP contribution in [0.15, 0.2) is 77.6 Å². The minimum Gasteiger partial charge on any atom is -0.345 e. The molecule has 4 nitrogen and oxygen atoms in total. The van der Waals surface area contributed by atoms with Crippen molar-refractivity contribution in [3.05, 3.63) is 111 Å². The molecule has 0 saturated heterocycles. The number of rotatable bonds is 6. The number of amides is 1. The van der Waals surface area contributed by atoms with Crippen LogP contribution in [0.1, 0.15) is 40.5 Å². The van der Waals surface area contributed by atoms with Crippen molar-refractivity contribution < 1.29 is 9.18 Å². The van der Waals surface area contributed by atoms with E-state index in [9.17, 15) is 14.0 Å². The standard InChI is InChI=1S/C27H21BrClFN2O2/c28-15-22-24(26(33)31-25(16-12-13-16)17-6-4-7-18(30)14-17)20-10-5-11-21(29)23(20)27(34)32(22)19-8-2-1-3-9-19/h1-11,14,16,25H,12-13,15H2,(H,31,33)/t25-/m0/s1. The van der Waals surface area contributed by atoms with E-state index in [2.05, 4.69) is 21.2 Å². The Morgan fingerprint density at radius 2 is 1.82 bits per heavy atom. The molecule has 0 aliphatic heterocycles. The Hall–Kier alpha value is -2.96. The van der Waals surface area contributed by atoms with Crippen molar-refractivity contribution in [2.24, 2.45) is 5.92 Å². The fourth-order valence-electron chi connectivity index (χ4n) is 4.50. The predicted octanol–water partition coefficient (Wildman–Crippen LogP) is 6.56. The number of carbonyl (C=O) groups excluding carboxylic acids is 1. The zero-order valence-electron chi connectivity index (χ0n) is 18.1. The van der Waals surface area contributed by atoms with Gasteiger partial charge in [-0.2, -0.15) is 0 Å². The molecule has 1 aliphatic carbocycles. The lowest BCUT2D eigenvalue weighted by Crippen LogP contribution is -2.33. The molecule has 0 radical (unpaired) electrons. The molecular weight excluding hydrogens is 519 g/mol. The summed E-state index contributed by atoms with van der Waals surface area (Å²) in [5.41, 5.74) is 1.98. The van der Waals surface area contributed by atoms with E-state index in [1.54, 1.807) is 24.3 Å². The van der Waals surface area contributed by atoms with Crippen molar-refractivity contribution in [3.8, 4) is 5.69 Å². The molecule has 3 aromatic carbocycles. The number of hydrogen-bond acceptors (Lipinski definition) is 2. The number of halogens is 3. The van der Waals surface area contributed by atoms with Gasteiger partial charge in [-0.1, -0.05) is 70.0 Å². The number of hydrogen-bond donors (Lipinski definition) is 1. The Bertz CT molecular complexity index is 1450. The van der Waals surface area contributed by atoms with Gasteiger partial charge in [0, 0.05) is 16.4 Å². The lowest BCUT2D eigenvalue weighted by Gasteiger charge is -2.23. The molecule has 0 unspecified atom stereocenters. The number of para-hydroxylation sites is 1. The van der Waals surface area contributed by atoms with E-state index < -0.39 is 0 Å². The number of pyridine rings is 1. The molecule has 5 rings (SSSR count). The maximum atomic E-state index is 14.0. The second-order valence-corrected chi connectivity index (χ2v) is 9.41. The normalized spacial score (nSPS) is 14.2. The molecule has 4 aromatic rings. The van der Waals surface area contributed by atoms with Gasteiger partial charge in [0.2, 0.25) is 0 Å². The molecule has 172 valence electrons. The molecule has 1 aliphatic rings. The van der Waals surface area contributed by atoms with Crippen molar-refractivity contribution in [2.75, 3.05) is 0 Å². The summed E-state index contributed by atoms with van der Waals surface area (Å²) < 4.78 is 15.5. The lowest BCUT2D eigenvalue weighted by atomic mass is 9.99. The molecule has 1 aromatic heterocycles. The lowest BCUT2D eigenvalue weighted by molar-refractivity contribution is 0.0932. The van der Waals surface area contributed by atoms with Crippen LogP contribution in [0.3, 0.4) is 0 Å². The van der Waals surface area contributed by atoms with E-state index in [-0.39, 0.29) is 45.0 Å². The zero-order valence-corrected chi connectivity index (χ0v) is 20.4. The monoisotopic (exact) mass is 538 g/mol. The number of fused-ring (bicyclic) bond motifs is 1. The van der Waals surface area contributed by atoms with Gasteiger partial charge >= 0.3 is 0 Å². The van der Waals surface area contributed by atoms with Gasteiger partial charge in [-0.3, -0.25) is 14.2 Å². The molecule has 1 atom stereocenters. The topological polar surface area (TPSA) is 51.1 Å². The highest BCUT2D eigenvalue weighted by Crippen LogP contribution is 2.41. The molecule has 7 heteroatoms. The minimum absolute atomic E-state index is 0.244. The fraction of sp³-hybridized carbons (Fsp3) is 0.185. The summed E-state index contributed by atoms with van der Waals surface area (Å²) in [6.07, 6.45) is 1.92. The molecule has 1 fully saturated rings. The van der Waals surface area contributed by atoms with Gasteiger partial charge in [-0.25, -0.2) is 4.39 Å². The summed E-state index contributed by atoms with van der Waals surface area (Å²) in [5, 5.41) is 4.48. The van der Waals surface area contributed by atoms with Crippen LogP contribution in [-0.4, -0.2) is 10.5 Å². The first-order valence-corrected chi connectivity index (χ1v) is 12.5. The maximum Gasteiger partial charge on any atom is 0.264 e. The summed E-state index contributed by atoms with van der Waals surface area (Å²) in [4.78, 5) is 27.4. The Morgan fingerprint density at radius 3 is 2.50 bits per heavy atom. The highest BCUT2D eigenvalue weighted by atomic mass is 79.9. The molecule has 34 heavy (non-hydrogen) atoms. The highest BCUT2D eigenvalue weighted by Gasteiger charge is 2.35. The van der Waals surface area contributed by atoms with Gasteiger partial charge in [0.1, 0.15) is 5.82 Å². The number of benzene rings is 3. The van der Waals surface area contributed by atoms with Gasteiger partial charge in [-0.05, 0) is 54.7 Å². The van der Waals surface area contributed by atoms with Crippen LogP contribution in [0.4, 0.5) is 4.39 Å². The van der Waals surface area contributed by atoms with Crippen molar-refractivity contribution in [3.63, 3.8) is 0 Å². The van der Waals surface area contributed by atoms with Crippen LogP contribution in [0.2, 0.25) is 5.02 Å². The smallest absolute Gasteiger partial charge is 0.264 e. The SMILES string of the molecule is O=C(N[C@H](c1cccc(F)c1)C1CC1)c1c(CBr)n(-c2ccccc2)c(=O)c2c(Cl)cccc12. The quantitative estimate of drug-likeness (QED) is 0.282. The Balaban J connectivity index is 1.71. The Morgan fingerprint density at radius 1 is 1.09 bits per heavy atom. The summed E-state index contributed by atoms with van der Waals surface area (Å²) in [6, 6.07) is 20.3. The van der Waals surface area contributed by atoms with Crippen LogP contribution in [0.25, 0.3) is 16.5 Å². The zero-order chi connectivity index (χ0) is 23.8. The molecular formula is C27H21BrClFN2O2. The second-order valence-electron chi connectivity index (χ2n) is 8.44. The van der Waals surface area contributed by atoms with E-state index in [1.165, 1.54) is 16.7 Å². The van der Waals surface area contributed by atoms with Gasteiger partial charge in [0.25, 0.3) is 11.5 Å². The molecule has 1 heterocycles. The number of nitrogens with one attached hydrogen (secondary N) is 1. The van der Waals surface area contributed by atoms with Gasteiger partial charge < -0.3 is 5.32 Å². The van der Waals surface area contributed by atoms with Crippen LogP contribution < -0.4 is 10.9 Å². The van der Waals surface area contributed by atoms with E-state index in [4.69, 9.17) is 11.6 Å². The first-order valence-electron chi connectivity index (χ1n) is 11.0. The van der Waals surface area contributed by atoms with Crippen molar-refractivity contribution in [1.29, 1.82) is 0 Å². The number of nitrogens with zero attached hydrogens (tertiary/aromatic N) is 1. The van der Waals surface area contributed by atoms with E-state index in [0.717, 1.165) is 18.4 Å². The van der Waals surface area contributed by atoms with Crippen molar-refractivity contribution >= 4 is 44.2 Å². The average molecular weight is 540 g/mol. The summed E-state index contributed by atoms with van der Waals surface area (Å²) in [6.45, 7) is 0. The number of aromatic nitrogens is 1. The number of alkyl halides is 1. The van der Waals surface area contributed by atoms with Crippen LogP contribution in [0.5, 0.6) is 0 Å². The molecule has 0 bridgehead atoms. The van der Waals surface area contributed by atoms with E-state index in [1.807, 2.05) is 36.4 Å². The van der Waals surface area contributed by atoms with Crippen LogP contribution >= 0.6 is 27.5 Å². The summed E-state index contributed by atoms with van der Waals surface area (Å²) in [5.74, 6) is -0.422. The minimum atomic E-state index is -0.339. The Kier molecular flexibility index (Phi) is 6.28. The van der Waals surface area contributed by atoms with Crippen molar-refractivity contribution in [2.45, 2.75) is 24.2 Å². The molecule has 0 spiro atoms.